The maximum atomic E-state index is 12.4. The van der Waals surface area contributed by atoms with Crippen LogP contribution in [0, 0.1) is 5.41 Å². The van der Waals surface area contributed by atoms with E-state index in [0.717, 1.165) is 19.3 Å². The van der Waals surface area contributed by atoms with Crippen molar-refractivity contribution in [3.05, 3.63) is 12.2 Å². The molecule has 0 heterocycles. The van der Waals surface area contributed by atoms with Gasteiger partial charge in [0.1, 0.15) is 0 Å². The largest absolute Gasteiger partial charge is 0.414 e. The van der Waals surface area contributed by atoms with E-state index in [4.69, 9.17) is 4.43 Å². The fourth-order valence-corrected chi connectivity index (χ4v) is 9.57. The highest BCUT2D eigenvalue weighted by atomic mass is 28.4. The van der Waals surface area contributed by atoms with Gasteiger partial charge in [0.15, 0.2) is 14.1 Å². The minimum Gasteiger partial charge on any atom is -0.414 e. The Bertz CT molecular complexity index is 455. The van der Waals surface area contributed by atoms with Crippen LogP contribution in [0.5, 0.6) is 0 Å². The van der Waals surface area contributed by atoms with Gasteiger partial charge in [0.05, 0.1) is 6.10 Å². The molecule has 0 saturated carbocycles. The van der Waals surface area contributed by atoms with Crippen LogP contribution in [0.4, 0.5) is 0 Å². The summed E-state index contributed by atoms with van der Waals surface area (Å²) in [5.74, 6) is 0.166. The first-order valence-corrected chi connectivity index (χ1v) is 14.5. The zero-order valence-electron chi connectivity index (χ0n) is 19.3. The van der Waals surface area contributed by atoms with Crippen LogP contribution in [0.2, 0.25) is 18.1 Å². The molecular formula is C24H46O3Si. The SMILES string of the molecule is CCCC[Si](CCCC)(CCCC)OC(CC)CCC1(C)CC(O)C=CC1=O. The normalized spacial score (nSPS) is 23.9. The van der Waals surface area contributed by atoms with Crippen molar-refractivity contribution in [3.8, 4) is 0 Å². The van der Waals surface area contributed by atoms with Gasteiger partial charge in [0.25, 0.3) is 0 Å². The number of ketones is 1. The molecule has 164 valence electrons. The Balaban J connectivity index is 2.83. The number of carbonyl (C=O) groups excluding carboxylic acids is 1. The number of hydrogen-bond donors (Lipinski definition) is 1. The molecule has 1 rings (SSSR count). The van der Waals surface area contributed by atoms with Crippen molar-refractivity contribution in [2.75, 3.05) is 0 Å². The molecule has 0 spiro atoms. The lowest BCUT2D eigenvalue weighted by atomic mass is 9.73. The van der Waals surface area contributed by atoms with Crippen molar-refractivity contribution in [2.24, 2.45) is 5.41 Å². The predicted octanol–water partition coefficient (Wildman–Crippen LogP) is 6.80. The van der Waals surface area contributed by atoms with Gasteiger partial charge in [-0.25, -0.2) is 0 Å². The number of aliphatic hydroxyl groups excluding tert-OH is 1. The molecule has 4 heteroatoms. The van der Waals surface area contributed by atoms with Crippen molar-refractivity contribution < 1.29 is 14.3 Å². The number of hydrogen-bond acceptors (Lipinski definition) is 3. The van der Waals surface area contributed by atoms with Crippen LogP contribution in [0.25, 0.3) is 0 Å². The third kappa shape index (κ3) is 8.12. The fourth-order valence-electron chi connectivity index (χ4n) is 4.48. The summed E-state index contributed by atoms with van der Waals surface area (Å²) in [6, 6.07) is 3.87. The van der Waals surface area contributed by atoms with Gasteiger partial charge in [0, 0.05) is 11.5 Å². The quantitative estimate of drug-likeness (QED) is 0.302. The highest BCUT2D eigenvalue weighted by molar-refractivity contribution is 6.73. The molecule has 1 aliphatic carbocycles. The summed E-state index contributed by atoms with van der Waals surface area (Å²) in [6.07, 6.45) is 13.8. The van der Waals surface area contributed by atoms with E-state index in [1.807, 2.05) is 6.92 Å². The number of carbonyl (C=O) groups is 1. The van der Waals surface area contributed by atoms with Gasteiger partial charge >= 0.3 is 0 Å². The third-order valence-electron chi connectivity index (χ3n) is 6.57. The Labute approximate surface area is 175 Å². The zero-order chi connectivity index (χ0) is 21.0. The molecule has 0 aliphatic heterocycles. The molecule has 28 heavy (non-hydrogen) atoms. The average Bonchev–Trinajstić information content (AvgIpc) is 2.69. The van der Waals surface area contributed by atoms with Crippen LogP contribution in [0.3, 0.4) is 0 Å². The van der Waals surface area contributed by atoms with Gasteiger partial charge in [0.2, 0.25) is 0 Å². The van der Waals surface area contributed by atoms with Crippen LogP contribution < -0.4 is 0 Å². The standard InChI is InChI=1S/C24H46O3Si/c1-6-10-17-28(18-11-7-2,19-12-8-3)27-22(9-4)15-16-24(5)20-21(25)13-14-23(24)26/h13-14,21-22,25H,6-12,15-20H2,1-5H3. The first-order valence-electron chi connectivity index (χ1n) is 11.9. The highest BCUT2D eigenvalue weighted by Gasteiger charge is 2.39. The molecule has 3 nitrogen and oxygen atoms in total. The van der Waals surface area contributed by atoms with E-state index in [2.05, 4.69) is 27.7 Å². The van der Waals surface area contributed by atoms with Crippen molar-refractivity contribution in [3.63, 3.8) is 0 Å². The molecule has 3 unspecified atom stereocenters. The molecule has 0 aromatic carbocycles. The summed E-state index contributed by atoms with van der Waals surface area (Å²) in [4.78, 5) is 12.4. The molecule has 0 fully saturated rings. The second-order valence-electron chi connectivity index (χ2n) is 9.24. The minimum absolute atomic E-state index is 0.166. The Kier molecular flexibility index (Phi) is 11.9. The number of unbranched alkanes of at least 4 members (excludes halogenated alkanes) is 3. The van der Waals surface area contributed by atoms with Crippen LogP contribution in [0.1, 0.15) is 98.8 Å². The maximum Gasteiger partial charge on any atom is 0.193 e. The van der Waals surface area contributed by atoms with Crippen LogP contribution in [-0.4, -0.2) is 31.4 Å². The zero-order valence-corrected chi connectivity index (χ0v) is 20.3. The Morgan fingerprint density at radius 1 is 1.11 bits per heavy atom. The maximum absolute atomic E-state index is 12.4. The van der Waals surface area contributed by atoms with Crippen LogP contribution >= 0.6 is 0 Å². The minimum atomic E-state index is -1.73. The molecule has 0 saturated heterocycles. The lowest BCUT2D eigenvalue weighted by Crippen LogP contribution is -2.42. The van der Waals surface area contributed by atoms with Gasteiger partial charge in [-0.05, 0) is 49.9 Å². The van der Waals surface area contributed by atoms with E-state index in [9.17, 15) is 9.90 Å². The molecule has 1 aliphatic rings. The van der Waals surface area contributed by atoms with E-state index >= 15 is 0 Å². The van der Waals surface area contributed by atoms with E-state index < -0.39 is 19.8 Å². The summed E-state index contributed by atoms with van der Waals surface area (Å²) in [5.41, 5.74) is -0.439. The molecule has 0 aromatic rings. The van der Waals surface area contributed by atoms with E-state index in [1.165, 1.54) is 56.7 Å². The topological polar surface area (TPSA) is 46.5 Å². The van der Waals surface area contributed by atoms with Crippen molar-refractivity contribution >= 4 is 14.1 Å². The van der Waals surface area contributed by atoms with Crippen molar-refractivity contribution in [1.29, 1.82) is 0 Å². The van der Waals surface area contributed by atoms with Crippen molar-refractivity contribution in [1.82, 2.24) is 0 Å². The number of rotatable bonds is 15. The van der Waals surface area contributed by atoms with Crippen LogP contribution in [-0.2, 0) is 9.22 Å². The second kappa shape index (κ2) is 13.0. The molecule has 0 amide bonds. The van der Waals surface area contributed by atoms with E-state index in [-0.39, 0.29) is 11.9 Å². The molecule has 0 radical (unpaired) electrons. The summed E-state index contributed by atoms with van der Waals surface area (Å²) < 4.78 is 7.04. The monoisotopic (exact) mass is 410 g/mol. The smallest absolute Gasteiger partial charge is 0.193 e. The van der Waals surface area contributed by atoms with Gasteiger partial charge in [-0.3, -0.25) is 4.79 Å². The van der Waals surface area contributed by atoms with Gasteiger partial charge in [-0.1, -0.05) is 79.2 Å². The average molecular weight is 411 g/mol. The molecular weight excluding hydrogens is 364 g/mol. The van der Waals surface area contributed by atoms with Gasteiger partial charge < -0.3 is 9.53 Å². The Morgan fingerprint density at radius 2 is 1.64 bits per heavy atom. The molecule has 0 aromatic heterocycles. The lowest BCUT2D eigenvalue weighted by Gasteiger charge is -2.38. The second-order valence-corrected chi connectivity index (χ2v) is 13.3. The fraction of sp³-hybridized carbons (Fsp3) is 0.875. The van der Waals surface area contributed by atoms with Gasteiger partial charge in [-0.2, -0.15) is 0 Å². The molecule has 1 N–H and O–H groups in total. The number of allylic oxidation sites excluding steroid dienone is 1. The molecule has 0 bridgehead atoms. The lowest BCUT2D eigenvalue weighted by molar-refractivity contribution is -0.126. The van der Waals surface area contributed by atoms with Crippen molar-refractivity contribution in [2.45, 2.75) is 129 Å². The Morgan fingerprint density at radius 3 is 2.11 bits per heavy atom. The summed E-state index contributed by atoms with van der Waals surface area (Å²) in [5, 5.41) is 10.00. The number of aliphatic hydroxyl groups is 1. The summed E-state index contributed by atoms with van der Waals surface area (Å²) in [7, 11) is -1.73. The highest BCUT2D eigenvalue weighted by Crippen LogP contribution is 2.37. The van der Waals surface area contributed by atoms with Gasteiger partial charge in [-0.15, -0.1) is 0 Å². The van der Waals surface area contributed by atoms with E-state index in [0.29, 0.717) is 6.42 Å². The summed E-state index contributed by atoms with van der Waals surface area (Å²) >= 11 is 0. The molecule has 3 atom stereocenters. The van der Waals surface area contributed by atoms with E-state index in [1.54, 1.807) is 12.2 Å². The predicted molar refractivity (Wildman–Crippen MR) is 122 cm³/mol. The summed E-state index contributed by atoms with van der Waals surface area (Å²) in [6.45, 7) is 11.1. The van der Waals surface area contributed by atoms with Crippen LogP contribution in [0.15, 0.2) is 12.2 Å². The third-order valence-corrected chi connectivity index (χ3v) is 11.2. The first kappa shape index (κ1) is 25.6. The Hall–Kier alpha value is -0.453. The first-order chi connectivity index (χ1) is 13.3.